The van der Waals surface area contributed by atoms with Gasteiger partial charge in [0.05, 0.1) is 0 Å². The van der Waals surface area contributed by atoms with Crippen LogP contribution in [0.1, 0.15) is 11.8 Å². The number of hydrogen-bond donors (Lipinski definition) is 2. The van der Waals surface area contributed by atoms with Crippen molar-refractivity contribution in [3.05, 3.63) is 60.2 Å². The van der Waals surface area contributed by atoms with Gasteiger partial charge in [0.2, 0.25) is 0 Å². The molecule has 0 saturated heterocycles. The van der Waals surface area contributed by atoms with E-state index in [-0.39, 0.29) is 0 Å². The van der Waals surface area contributed by atoms with E-state index in [1.165, 1.54) is 0 Å². The molecule has 2 heteroatoms. The molecule has 14 heavy (non-hydrogen) atoms. The summed E-state index contributed by atoms with van der Waals surface area (Å²) in [6.07, 6.45) is -0.618. The molecule has 0 aliphatic rings. The predicted octanol–water partition coefficient (Wildman–Crippen LogP) is 2.02. The fourth-order valence-corrected chi connectivity index (χ4v) is 1.06. The SMILES string of the molecule is CNC(O)c1ccccccccc1. The molecule has 0 aliphatic heterocycles. The predicted molar refractivity (Wildman–Crippen MR) is 58.1 cm³/mol. The van der Waals surface area contributed by atoms with Crippen molar-refractivity contribution in [2.24, 2.45) is 0 Å². The maximum atomic E-state index is 9.56. The van der Waals surface area contributed by atoms with Gasteiger partial charge in [-0.15, -0.1) is 0 Å². The van der Waals surface area contributed by atoms with E-state index in [1.807, 2.05) is 54.6 Å². The van der Waals surface area contributed by atoms with Gasteiger partial charge >= 0.3 is 0 Å². The first-order valence-corrected chi connectivity index (χ1v) is 4.58. The molecule has 0 fully saturated rings. The Morgan fingerprint density at radius 3 is 1.79 bits per heavy atom. The summed E-state index contributed by atoms with van der Waals surface area (Å²) < 4.78 is 0. The van der Waals surface area contributed by atoms with Gasteiger partial charge in [0.15, 0.2) is 0 Å². The Kier molecular flexibility index (Phi) is 4.69. The van der Waals surface area contributed by atoms with Crippen molar-refractivity contribution < 1.29 is 5.11 Å². The first-order chi connectivity index (χ1) is 6.84. The van der Waals surface area contributed by atoms with Gasteiger partial charge < -0.3 is 5.11 Å². The van der Waals surface area contributed by atoms with Crippen molar-refractivity contribution in [1.29, 1.82) is 0 Å². The van der Waals surface area contributed by atoms with Crippen molar-refractivity contribution in [2.45, 2.75) is 6.23 Å². The molecule has 0 aliphatic carbocycles. The summed E-state index contributed by atoms with van der Waals surface area (Å²) in [5.74, 6) is 0. The van der Waals surface area contributed by atoms with Gasteiger partial charge in [-0.1, -0.05) is 54.6 Å². The third-order valence-electron chi connectivity index (χ3n) is 1.83. The second kappa shape index (κ2) is 6.13. The molecule has 1 unspecified atom stereocenters. The van der Waals surface area contributed by atoms with Crippen LogP contribution in [0.5, 0.6) is 0 Å². The average Bonchev–Trinajstić information content (AvgIpc) is 2.24. The van der Waals surface area contributed by atoms with Crippen LogP contribution in [0.25, 0.3) is 0 Å². The smallest absolute Gasteiger partial charge is 0.130 e. The van der Waals surface area contributed by atoms with E-state index < -0.39 is 6.23 Å². The molecule has 1 aromatic carbocycles. The molecular weight excluding hydrogens is 174 g/mol. The summed E-state index contributed by atoms with van der Waals surface area (Å²) in [7, 11) is 1.72. The molecule has 1 aromatic rings. The fraction of sp³-hybridized carbons (Fsp3) is 0.167. The first-order valence-electron chi connectivity index (χ1n) is 4.58. The zero-order chi connectivity index (χ0) is 10.2. The lowest BCUT2D eigenvalue weighted by Gasteiger charge is -2.06. The van der Waals surface area contributed by atoms with Crippen LogP contribution < -0.4 is 5.32 Å². The quantitative estimate of drug-likeness (QED) is 0.698. The van der Waals surface area contributed by atoms with Crippen LogP contribution in [-0.4, -0.2) is 12.2 Å². The van der Waals surface area contributed by atoms with Crippen LogP contribution >= 0.6 is 0 Å². The van der Waals surface area contributed by atoms with Crippen molar-refractivity contribution in [3.63, 3.8) is 0 Å². The highest BCUT2D eigenvalue weighted by molar-refractivity contribution is 5.13. The van der Waals surface area contributed by atoms with Crippen LogP contribution in [0.4, 0.5) is 0 Å². The second-order valence-corrected chi connectivity index (χ2v) is 2.87. The van der Waals surface area contributed by atoms with Gasteiger partial charge in [-0.3, -0.25) is 5.32 Å². The molecule has 74 valence electrons. The third kappa shape index (κ3) is 3.56. The zero-order valence-corrected chi connectivity index (χ0v) is 8.22. The summed E-state index contributed by atoms with van der Waals surface area (Å²) in [5, 5.41) is 12.3. The van der Waals surface area contributed by atoms with E-state index in [9.17, 15) is 5.11 Å². The molecule has 0 amide bonds. The van der Waals surface area contributed by atoms with Crippen molar-refractivity contribution >= 4 is 0 Å². The number of hydrogen-bond acceptors (Lipinski definition) is 2. The van der Waals surface area contributed by atoms with E-state index in [0.29, 0.717) is 0 Å². The topological polar surface area (TPSA) is 32.3 Å². The number of aliphatic hydroxyl groups is 1. The lowest BCUT2D eigenvalue weighted by Crippen LogP contribution is -2.14. The summed E-state index contributed by atoms with van der Waals surface area (Å²) in [6, 6.07) is 17.2. The van der Waals surface area contributed by atoms with E-state index in [4.69, 9.17) is 0 Å². The Hall–Kier alpha value is -1.38. The summed E-state index contributed by atoms with van der Waals surface area (Å²) in [6.45, 7) is 0. The molecule has 1 atom stereocenters. The molecule has 0 saturated carbocycles. The Labute approximate surface area is 84.5 Å². The minimum atomic E-state index is -0.618. The van der Waals surface area contributed by atoms with Gasteiger partial charge in [-0.05, 0) is 12.6 Å². The average molecular weight is 189 g/mol. The highest BCUT2D eigenvalue weighted by Gasteiger charge is 1.99. The minimum absolute atomic E-state index is 0.618. The Balaban J connectivity index is 3.07. The van der Waals surface area contributed by atoms with Gasteiger partial charge in [0.1, 0.15) is 6.23 Å². The maximum absolute atomic E-state index is 9.56. The molecule has 1 rings (SSSR count). The van der Waals surface area contributed by atoms with Crippen LogP contribution in [0.2, 0.25) is 0 Å². The molecule has 0 bridgehead atoms. The molecule has 0 heterocycles. The monoisotopic (exact) mass is 189 g/mol. The third-order valence-corrected chi connectivity index (χ3v) is 1.83. The summed E-state index contributed by atoms with van der Waals surface area (Å²) in [4.78, 5) is 0. The fourth-order valence-electron chi connectivity index (χ4n) is 1.06. The van der Waals surface area contributed by atoms with E-state index in [0.717, 1.165) is 5.56 Å². The molecular formula is C12H15NO. The van der Waals surface area contributed by atoms with Crippen molar-refractivity contribution in [3.8, 4) is 0 Å². The standard InChI is InChI=1S/C12H15NO/c1-13-12(14)11-9-7-5-3-2-4-6-8-10-11/h2-10,12-14H,1H3. The molecule has 2 nitrogen and oxygen atoms in total. The number of rotatable bonds is 2. The zero-order valence-electron chi connectivity index (χ0n) is 8.22. The van der Waals surface area contributed by atoms with E-state index in [2.05, 4.69) is 5.32 Å². The van der Waals surface area contributed by atoms with Crippen LogP contribution in [0, 0.1) is 0 Å². The van der Waals surface area contributed by atoms with E-state index >= 15 is 0 Å². The van der Waals surface area contributed by atoms with Gasteiger partial charge in [0.25, 0.3) is 0 Å². The maximum Gasteiger partial charge on any atom is 0.130 e. The van der Waals surface area contributed by atoms with E-state index in [1.54, 1.807) is 7.05 Å². The number of aliphatic hydroxyl groups excluding tert-OH is 1. The number of nitrogens with one attached hydrogen (secondary N) is 1. The Morgan fingerprint density at radius 1 is 0.929 bits per heavy atom. The molecule has 0 radical (unpaired) electrons. The summed E-state index contributed by atoms with van der Waals surface area (Å²) >= 11 is 0. The molecule has 0 aromatic heterocycles. The van der Waals surface area contributed by atoms with Crippen LogP contribution in [0.3, 0.4) is 0 Å². The first kappa shape index (κ1) is 10.7. The lowest BCUT2D eigenvalue weighted by molar-refractivity contribution is 0.149. The van der Waals surface area contributed by atoms with Gasteiger partial charge in [0, 0.05) is 0 Å². The van der Waals surface area contributed by atoms with Crippen LogP contribution in [0.15, 0.2) is 54.6 Å². The second-order valence-electron chi connectivity index (χ2n) is 2.87. The van der Waals surface area contributed by atoms with Crippen molar-refractivity contribution in [1.82, 2.24) is 5.32 Å². The Bertz CT molecular complexity index is 299. The minimum Gasteiger partial charge on any atom is -0.374 e. The summed E-state index contributed by atoms with van der Waals surface area (Å²) in [5.41, 5.74) is 0.837. The normalized spacial score (nSPS) is 11.6. The van der Waals surface area contributed by atoms with Crippen molar-refractivity contribution in [2.75, 3.05) is 7.05 Å². The molecule has 0 spiro atoms. The highest BCUT2D eigenvalue weighted by atomic mass is 16.3. The largest absolute Gasteiger partial charge is 0.374 e. The Morgan fingerprint density at radius 2 is 1.36 bits per heavy atom. The lowest BCUT2D eigenvalue weighted by atomic mass is 10.2. The van der Waals surface area contributed by atoms with Gasteiger partial charge in [-0.2, -0.15) is 0 Å². The molecule has 2 N–H and O–H groups in total. The van der Waals surface area contributed by atoms with Gasteiger partial charge in [-0.25, -0.2) is 0 Å². The van der Waals surface area contributed by atoms with Crippen LogP contribution in [-0.2, 0) is 0 Å². The highest BCUT2D eigenvalue weighted by Crippen LogP contribution is 2.05.